The first-order valence-electron chi connectivity index (χ1n) is 8.03. The summed E-state index contributed by atoms with van der Waals surface area (Å²) in [6.45, 7) is 2.75. The number of hydrogen-bond donors (Lipinski definition) is 2. The maximum Gasteiger partial charge on any atom is 0.224 e. The minimum atomic E-state index is 0.0337. The number of carbonyl (C=O) groups excluding carboxylic acids is 2. The Balaban J connectivity index is 1.71. The van der Waals surface area contributed by atoms with Crippen molar-refractivity contribution in [1.29, 1.82) is 0 Å². The molecule has 2 rings (SSSR count). The fourth-order valence-electron chi connectivity index (χ4n) is 2.68. The summed E-state index contributed by atoms with van der Waals surface area (Å²) >= 11 is 3.49. The molecule has 1 heterocycles. The first-order valence-corrected chi connectivity index (χ1v) is 8.83. The number of hydrogen-bond acceptors (Lipinski definition) is 3. The molecule has 1 fully saturated rings. The molecule has 1 aliphatic heterocycles. The molecule has 0 aromatic heterocycles. The van der Waals surface area contributed by atoms with E-state index in [4.69, 9.17) is 0 Å². The van der Waals surface area contributed by atoms with Gasteiger partial charge in [-0.3, -0.25) is 9.59 Å². The zero-order valence-corrected chi connectivity index (χ0v) is 15.1. The van der Waals surface area contributed by atoms with Crippen LogP contribution < -0.4 is 10.6 Å². The van der Waals surface area contributed by atoms with Gasteiger partial charge in [-0.2, -0.15) is 0 Å². The van der Waals surface area contributed by atoms with E-state index in [9.17, 15) is 9.59 Å². The topological polar surface area (TPSA) is 61.4 Å². The van der Waals surface area contributed by atoms with Gasteiger partial charge in [-0.15, -0.1) is 0 Å². The molecule has 0 aliphatic carbocycles. The monoisotopic (exact) mass is 381 g/mol. The first-order chi connectivity index (χ1) is 11.1. The van der Waals surface area contributed by atoms with E-state index in [1.807, 2.05) is 24.3 Å². The quantitative estimate of drug-likeness (QED) is 0.790. The molecule has 6 heteroatoms. The first kappa shape index (κ1) is 17.9. The van der Waals surface area contributed by atoms with Crippen LogP contribution in [0.3, 0.4) is 0 Å². The van der Waals surface area contributed by atoms with Gasteiger partial charge in [0, 0.05) is 36.9 Å². The van der Waals surface area contributed by atoms with E-state index in [-0.39, 0.29) is 17.7 Å². The van der Waals surface area contributed by atoms with Gasteiger partial charge in [0.1, 0.15) is 0 Å². The summed E-state index contributed by atoms with van der Waals surface area (Å²) in [4.78, 5) is 25.9. The summed E-state index contributed by atoms with van der Waals surface area (Å²) in [6, 6.07) is 7.86. The second-order valence-electron chi connectivity index (χ2n) is 5.91. The highest BCUT2D eigenvalue weighted by molar-refractivity contribution is 9.10. The van der Waals surface area contributed by atoms with E-state index in [1.165, 1.54) is 0 Å². The Hall–Kier alpha value is -1.40. The van der Waals surface area contributed by atoms with Crippen LogP contribution in [-0.2, 0) is 16.1 Å². The molecule has 1 aliphatic rings. The predicted octanol–water partition coefficient (Wildman–Crippen LogP) is 1.91. The van der Waals surface area contributed by atoms with Crippen molar-refractivity contribution in [3.63, 3.8) is 0 Å². The smallest absolute Gasteiger partial charge is 0.224 e. The van der Waals surface area contributed by atoms with Gasteiger partial charge >= 0.3 is 0 Å². The lowest BCUT2D eigenvalue weighted by molar-refractivity contribution is -0.130. The standard InChI is InChI=1S/C17H24BrN3O2/c1-21(12-14-4-2-3-5-15(14)18)16(22)8-11-20-17(23)13-6-9-19-10-7-13/h2-5,13,19H,6-12H2,1H3,(H,20,23). The maximum absolute atomic E-state index is 12.2. The molecule has 5 nitrogen and oxygen atoms in total. The van der Waals surface area contributed by atoms with E-state index < -0.39 is 0 Å². The fourth-order valence-corrected chi connectivity index (χ4v) is 3.09. The highest BCUT2D eigenvalue weighted by Crippen LogP contribution is 2.17. The molecule has 0 unspecified atom stereocenters. The molecule has 0 radical (unpaired) electrons. The van der Waals surface area contributed by atoms with Gasteiger partial charge in [0.25, 0.3) is 0 Å². The molecule has 0 bridgehead atoms. The van der Waals surface area contributed by atoms with Crippen molar-refractivity contribution in [3.05, 3.63) is 34.3 Å². The van der Waals surface area contributed by atoms with Crippen molar-refractivity contribution >= 4 is 27.7 Å². The molecular formula is C17H24BrN3O2. The summed E-state index contributed by atoms with van der Waals surface area (Å²) in [7, 11) is 1.79. The van der Waals surface area contributed by atoms with Gasteiger partial charge < -0.3 is 15.5 Å². The zero-order valence-electron chi connectivity index (χ0n) is 13.5. The SMILES string of the molecule is CN(Cc1ccccc1Br)C(=O)CCNC(=O)C1CCNCC1. The number of benzene rings is 1. The van der Waals surface area contributed by atoms with Crippen molar-refractivity contribution in [1.82, 2.24) is 15.5 Å². The molecular weight excluding hydrogens is 358 g/mol. The number of nitrogens with one attached hydrogen (secondary N) is 2. The van der Waals surface area contributed by atoms with E-state index in [0.717, 1.165) is 36.0 Å². The second kappa shape index (κ2) is 9.03. The predicted molar refractivity (Wildman–Crippen MR) is 93.8 cm³/mol. The molecule has 23 heavy (non-hydrogen) atoms. The van der Waals surface area contributed by atoms with Crippen LogP contribution in [0.15, 0.2) is 28.7 Å². The molecule has 126 valence electrons. The third kappa shape index (κ3) is 5.62. The van der Waals surface area contributed by atoms with E-state index >= 15 is 0 Å². The van der Waals surface area contributed by atoms with Crippen molar-refractivity contribution in [3.8, 4) is 0 Å². The maximum atomic E-state index is 12.2. The van der Waals surface area contributed by atoms with Gasteiger partial charge in [0.15, 0.2) is 0 Å². The Kier molecular flexibility index (Phi) is 7.05. The van der Waals surface area contributed by atoms with Crippen LogP contribution in [0, 0.1) is 5.92 Å². The molecule has 2 N–H and O–H groups in total. The lowest BCUT2D eigenvalue weighted by Gasteiger charge is -2.22. The Morgan fingerprint density at radius 2 is 2.00 bits per heavy atom. The summed E-state index contributed by atoms with van der Waals surface area (Å²) in [6.07, 6.45) is 2.08. The number of nitrogens with zero attached hydrogens (tertiary/aromatic N) is 1. The number of carbonyl (C=O) groups is 2. The normalized spacial score (nSPS) is 15.2. The average molecular weight is 382 g/mol. The Morgan fingerprint density at radius 1 is 1.30 bits per heavy atom. The lowest BCUT2D eigenvalue weighted by Crippen LogP contribution is -2.39. The van der Waals surface area contributed by atoms with Crippen LogP contribution in [0.1, 0.15) is 24.8 Å². The van der Waals surface area contributed by atoms with E-state index in [1.54, 1.807) is 11.9 Å². The molecule has 1 aromatic rings. The summed E-state index contributed by atoms with van der Waals surface area (Å²) in [5.74, 6) is 0.198. The highest BCUT2D eigenvalue weighted by Gasteiger charge is 2.20. The van der Waals surface area contributed by atoms with Gasteiger partial charge in [0.2, 0.25) is 11.8 Å². The molecule has 1 saturated heterocycles. The van der Waals surface area contributed by atoms with Crippen molar-refractivity contribution < 1.29 is 9.59 Å². The number of rotatable bonds is 6. The van der Waals surface area contributed by atoms with Crippen LogP contribution in [0.25, 0.3) is 0 Å². The molecule has 1 aromatic carbocycles. The van der Waals surface area contributed by atoms with Crippen LogP contribution in [0.4, 0.5) is 0 Å². The Labute approximate surface area is 145 Å². The zero-order chi connectivity index (χ0) is 16.7. The Bertz CT molecular complexity index is 544. The molecule has 0 spiro atoms. The van der Waals surface area contributed by atoms with Crippen LogP contribution in [-0.4, -0.2) is 43.4 Å². The fraction of sp³-hybridized carbons (Fsp3) is 0.529. The van der Waals surface area contributed by atoms with Crippen molar-refractivity contribution in [2.45, 2.75) is 25.8 Å². The number of piperidine rings is 1. The number of amides is 2. The Morgan fingerprint density at radius 3 is 2.70 bits per heavy atom. The van der Waals surface area contributed by atoms with Gasteiger partial charge in [0.05, 0.1) is 0 Å². The minimum absolute atomic E-state index is 0.0337. The third-order valence-corrected chi connectivity index (χ3v) is 4.91. The average Bonchev–Trinajstić information content (AvgIpc) is 2.57. The van der Waals surface area contributed by atoms with Gasteiger partial charge in [-0.1, -0.05) is 34.1 Å². The van der Waals surface area contributed by atoms with Crippen LogP contribution in [0.2, 0.25) is 0 Å². The van der Waals surface area contributed by atoms with Crippen molar-refractivity contribution in [2.24, 2.45) is 5.92 Å². The second-order valence-corrected chi connectivity index (χ2v) is 6.76. The largest absolute Gasteiger partial charge is 0.355 e. The molecule has 2 amide bonds. The van der Waals surface area contributed by atoms with Crippen molar-refractivity contribution in [2.75, 3.05) is 26.7 Å². The van der Waals surface area contributed by atoms with Crippen LogP contribution >= 0.6 is 15.9 Å². The van der Waals surface area contributed by atoms with Gasteiger partial charge in [-0.25, -0.2) is 0 Å². The highest BCUT2D eigenvalue weighted by atomic mass is 79.9. The minimum Gasteiger partial charge on any atom is -0.355 e. The summed E-state index contributed by atoms with van der Waals surface area (Å²) in [5, 5.41) is 6.13. The summed E-state index contributed by atoms with van der Waals surface area (Å²) < 4.78 is 0.999. The molecule has 0 saturated carbocycles. The van der Waals surface area contributed by atoms with E-state index in [0.29, 0.717) is 19.5 Å². The third-order valence-electron chi connectivity index (χ3n) is 4.14. The van der Waals surface area contributed by atoms with Gasteiger partial charge in [-0.05, 0) is 37.6 Å². The van der Waals surface area contributed by atoms with E-state index in [2.05, 4.69) is 26.6 Å². The lowest BCUT2D eigenvalue weighted by atomic mass is 9.97. The molecule has 0 atom stereocenters. The number of halogens is 1. The van der Waals surface area contributed by atoms with Crippen LogP contribution in [0.5, 0.6) is 0 Å². The summed E-state index contributed by atoms with van der Waals surface area (Å²) in [5.41, 5.74) is 1.07.